The van der Waals surface area contributed by atoms with Crippen molar-refractivity contribution in [1.82, 2.24) is 5.32 Å². The summed E-state index contributed by atoms with van der Waals surface area (Å²) in [4.78, 5) is 11.7. The molecule has 0 radical (unpaired) electrons. The van der Waals surface area contributed by atoms with Gasteiger partial charge in [0.2, 0.25) is 5.91 Å². The molecule has 0 bridgehead atoms. The number of carbonyl (C=O) groups is 1. The number of nitrogens with one attached hydrogen (secondary N) is 1. The van der Waals surface area contributed by atoms with Crippen LogP contribution in [-0.4, -0.2) is 43.9 Å². The minimum atomic E-state index is -0.401. The number of carbonyl (C=O) groups excluding carboxylic acids is 1. The number of amides is 1. The Morgan fingerprint density at radius 2 is 1.95 bits per heavy atom. The van der Waals surface area contributed by atoms with Crippen molar-refractivity contribution in [3.05, 3.63) is 0 Å². The highest BCUT2D eigenvalue weighted by Gasteiger charge is 2.21. The zero-order valence-corrected chi connectivity index (χ0v) is 13.1. The van der Waals surface area contributed by atoms with Gasteiger partial charge in [-0.25, -0.2) is 0 Å². The zero-order chi connectivity index (χ0) is 15.0. The van der Waals surface area contributed by atoms with E-state index in [1.54, 1.807) is 7.11 Å². The smallest absolute Gasteiger partial charge is 0.222 e. The van der Waals surface area contributed by atoms with E-state index in [1.165, 1.54) is 0 Å². The van der Waals surface area contributed by atoms with Crippen LogP contribution in [0.1, 0.15) is 52.4 Å². The molecular formula is C15H30N2O3. The minimum Gasteiger partial charge on any atom is -0.378 e. The summed E-state index contributed by atoms with van der Waals surface area (Å²) in [5.74, 6) is 0.0282. The van der Waals surface area contributed by atoms with Gasteiger partial charge in [-0.05, 0) is 46.0 Å². The fourth-order valence-electron chi connectivity index (χ4n) is 2.33. The van der Waals surface area contributed by atoms with Crippen molar-refractivity contribution >= 4 is 5.91 Å². The number of hydrogen-bond acceptors (Lipinski definition) is 4. The highest BCUT2D eigenvalue weighted by molar-refractivity contribution is 5.76. The molecule has 1 aliphatic carbocycles. The lowest BCUT2D eigenvalue weighted by Crippen LogP contribution is -2.34. The monoisotopic (exact) mass is 286 g/mol. The van der Waals surface area contributed by atoms with Gasteiger partial charge < -0.3 is 20.5 Å². The number of nitrogens with two attached hydrogens (primary N) is 1. The maximum Gasteiger partial charge on any atom is 0.222 e. The Balaban J connectivity index is 2.00. The molecule has 1 rings (SSSR count). The third-order valence-electron chi connectivity index (χ3n) is 3.85. The van der Waals surface area contributed by atoms with Crippen molar-refractivity contribution in [2.75, 3.05) is 20.3 Å². The van der Waals surface area contributed by atoms with E-state index in [0.717, 1.165) is 32.1 Å². The van der Waals surface area contributed by atoms with Crippen molar-refractivity contribution in [3.63, 3.8) is 0 Å². The van der Waals surface area contributed by atoms with Crippen LogP contribution in [0.15, 0.2) is 0 Å². The molecule has 0 atom stereocenters. The van der Waals surface area contributed by atoms with Crippen LogP contribution in [0.3, 0.4) is 0 Å². The Bertz CT molecular complexity index is 287. The van der Waals surface area contributed by atoms with Crippen LogP contribution < -0.4 is 11.1 Å². The Hall–Kier alpha value is -0.650. The van der Waals surface area contributed by atoms with Gasteiger partial charge in [0.15, 0.2) is 0 Å². The summed E-state index contributed by atoms with van der Waals surface area (Å²) in [5.41, 5.74) is 5.45. The van der Waals surface area contributed by atoms with Gasteiger partial charge >= 0.3 is 0 Å². The molecule has 1 fully saturated rings. The van der Waals surface area contributed by atoms with Gasteiger partial charge in [0.25, 0.3) is 0 Å². The first-order valence-electron chi connectivity index (χ1n) is 7.62. The highest BCUT2D eigenvalue weighted by atomic mass is 16.5. The number of ether oxygens (including phenoxy) is 2. The summed E-state index contributed by atoms with van der Waals surface area (Å²) in [6, 6.07) is 0.360. The summed E-state index contributed by atoms with van der Waals surface area (Å²) in [6.07, 6.45) is 5.84. The van der Waals surface area contributed by atoms with Crippen molar-refractivity contribution in [3.8, 4) is 0 Å². The molecule has 0 aliphatic heterocycles. The quantitative estimate of drug-likeness (QED) is 0.665. The largest absolute Gasteiger partial charge is 0.378 e. The fraction of sp³-hybridized carbons (Fsp3) is 0.933. The first kappa shape index (κ1) is 17.4. The predicted molar refractivity (Wildman–Crippen MR) is 79.5 cm³/mol. The summed E-state index contributed by atoms with van der Waals surface area (Å²) < 4.78 is 11.0. The van der Waals surface area contributed by atoms with Crippen molar-refractivity contribution in [2.45, 2.75) is 70.1 Å². The molecule has 0 aromatic heterocycles. The summed E-state index contributed by atoms with van der Waals surface area (Å²) in [7, 11) is 1.62. The van der Waals surface area contributed by atoms with E-state index < -0.39 is 5.60 Å². The number of rotatable bonds is 8. The molecule has 1 aliphatic rings. The molecule has 20 heavy (non-hydrogen) atoms. The van der Waals surface area contributed by atoms with Crippen LogP contribution in [0.25, 0.3) is 0 Å². The zero-order valence-electron chi connectivity index (χ0n) is 13.1. The van der Waals surface area contributed by atoms with Crippen molar-refractivity contribution in [1.29, 1.82) is 0 Å². The first-order chi connectivity index (χ1) is 9.43. The Morgan fingerprint density at radius 3 is 2.55 bits per heavy atom. The van der Waals surface area contributed by atoms with E-state index in [-0.39, 0.29) is 5.91 Å². The van der Waals surface area contributed by atoms with Gasteiger partial charge in [0.1, 0.15) is 0 Å². The number of hydrogen-bond donors (Lipinski definition) is 2. The Labute approximate surface area is 122 Å². The van der Waals surface area contributed by atoms with Gasteiger partial charge in [-0.3, -0.25) is 4.79 Å². The first-order valence-corrected chi connectivity index (χ1v) is 7.62. The molecule has 5 heteroatoms. The molecule has 5 nitrogen and oxygen atoms in total. The second kappa shape index (κ2) is 8.60. The average Bonchev–Trinajstić information content (AvgIpc) is 2.40. The second-order valence-electron chi connectivity index (χ2n) is 6.25. The normalized spacial score (nSPS) is 23.6. The van der Waals surface area contributed by atoms with E-state index in [0.29, 0.717) is 31.7 Å². The third kappa shape index (κ3) is 7.22. The van der Waals surface area contributed by atoms with Crippen LogP contribution in [0, 0.1) is 0 Å². The van der Waals surface area contributed by atoms with Crippen molar-refractivity contribution in [2.24, 2.45) is 5.73 Å². The standard InChI is InChI=1S/C15H30N2O3/c1-15(2,19-3)11-14(18)17-9-4-10-20-13-7-5-12(16)6-8-13/h12-13H,4-11,16H2,1-3H3,(H,17,18). The lowest BCUT2D eigenvalue weighted by Gasteiger charge is -2.26. The Morgan fingerprint density at radius 1 is 1.30 bits per heavy atom. The van der Waals surface area contributed by atoms with Gasteiger partial charge in [-0.1, -0.05) is 0 Å². The minimum absolute atomic E-state index is 0.0282. The maximum atomic E-state index is 11.7. The van der Waals surface area contributed by atoms with Crippen LogP contribution in [-0.2, 0) is 14.3 Å². The van der Waals surface area contributed by atoms with E-state index in [2.05, 4.69) is 5.32 Å². The summed E-state index contributed by atoms with van der Waals surface area (Å²) in [6.45, 7) is 5.17. The van der Waals surface area contributed by atoms with E-state index in [9.17, 15) is 4.79 Å². The molecule has 0 spiro atoms. The topological polar surface area (TPSA) is 73.6 Å². The third-order valence-corrected chi connectivity index (χ3v) is 3.85. The second-order valence-corrected chi connectivity index (χ2v) is 6.25. The fourth-order valence-corrected chi connectivity index (χ4v) is 2.33. The molecule has 1 saturated carbocycles. The van der Waals surface area contributed by atoms with Crippen LogP contribution in [0.4, 0.5) is 0 Å². The van der Waals surface area contributed by atoms with Crippen LogP contribution in [0.2, 0.25) is 0 Å². The molecule has 0 unspecified atom stereocenters. The molecule has 1 amide bonds. The van der Waals surface area contributed by atoms with Crippen LogP contribution in [0.5, 0.6) is 0 Å². The molecule has 0 aromatic rings. The average molecular weight is 286 g/mol. The van der Waals surface area contributed by atoms with Gasteiger partial charge in [0.05, 0.1) is 18.1 Å². The molecule has 0 aromatic carbocycles. The molecule has 118 valence electrons. The van der Waals surface area contributed by atoms with Gasteiger partial charge in [-0.2, -0.15) is 0 Å². The highest BCUT2D eigenvalue weighted by Crippen LogP contribution is 2.19. The molecule has 3 N–H and O–H groups in total. The lowest BCUT2D eigenvalue weighted by molar-refractivity contribution is -0.126. The van der Waals surface area contributed by atoms with E-state index in [1.807, 2.05) is 13.8 Å². The summed E-state index contributed by atoms with van der Waals surface area (Å²) in [5, 5.41) is 2.90. The molecular weight excluding hydrogens is 256 g/mol. The van der Waals surface area contributed by atoms with E-state index >= 15 is 0 Å². The van der Waals surface area contributed by atoms with Crippen molar-refractivity contribution < 1.29 is 14.3 Å². The van der Waals surface area contributed by atoms with Gasteiger partial charge in [0, 0.05) is 26.3 Å². The van der Waals surface area contributed by atoms with Crippen LogP contribution >= 0.6 is 0 Å². The lowest BCUT2D eigenvalue weighted by atomic mass is 9.94. The predicted octanol–water partition coefficient (Wildman–Crippen LogP) is 1.59. The Kier molecular flexibility index (Phi) is 7.48. The summed E-state index contributed by atoms with van der Waals surface area (Å²) >= 11 is 0. The van der Waals surface area contributed by atoms with Gasteiger partial charge in [-0.15, -0.1) is 0 Å². The molecule has 0 heterocycles. The SMILES string of the molecule is COC(C)(C)CC(=O)NCCCOC1CCC(N)CC1. The van der Waals surface area contributed by atoms with E-state index in [4.69, 9.17) is 15.2 Å². The molecule has 0 saturated heterocycles. The number of methoxy groups -OCH3 is 1. The maximum absolute atomic E-state index is 11.7.